The summed E-state index contributed by atoms with van der Waals surface area (Å²) < 4.78 is 6.96. The highest BCUT2D eigenvalue weighted by molar-refractivity contribution is 5.92. The standard InChI is InChI=1S/C18H16N4O3/c19-17(23)16(14-4-2-1-3-5-14)25-18(24)15-8-6-13(7-9-15)10-22-12-20-11-21-22/h1-9,11-12,16H,10H2,(H2,19,23)/t16-/m1/s1. The number of carbonyl (C=O) groups excluding carboxylic acids is 2. The lowest BCUT2D eigenvalue weighted by Crippen LogP contribution is -2.26. The zero-order chi connectivity index (χ0) is 17.6. The lowest BCUT2D eigenvalue weighted by Gasteiger charge is -2.15. The molecular weight excluding hydrogens is 320 g/mol. The van der Waals surface area contributed by atoms with E-state index in [0.717, 1.165) is 5.56 Å². The number of carbonyl (C=O) groups is 2. The van der Waals surface area contributed by atoms with Crippen molar-refractivity contribution >= 4 is 11.9 Å². The van der Waals surface area contributed by atoms with E-state index < -0.39 is 18.0 Å². The number of hydrogen-bond donors (Lipinski definition) is 1. The number of rotatable bonds is 6. The van der Waals surface area contributed by atoms with E-state index in [1.807, 2.05) is 0 Å². The van der Waals surface area contributed by atoms with Crippen LogP contribution in [0.15, 0.2) is 67.3 Å². The number of hydrogen-bond acceptors (Lipinski definition) is 5. The molecule has 2 aromatic carbocycles. The lowest BCUT2D eigenvalue weighted by atomic mass is 10.1. The molecule has 0 bridgehead atoms. The van der Waals surface area contributed by atoms with Crippen LogP contribution < -0.4 is 5.73 Å². The van der Waals surface area contributed by atoms with Crippen LogP contribution in [0.2, 0.25) is 0 Å². The molecule has 1 amide bonds. The van der Waals surface area contributed by atoms with Gasteiger partial charge in [-0.2, -0.15) is 5.10 Å². The fourth-order valence-electron chi connectivity index (χ4n) is 2.34. The van der Waals surface area contributed by atoms with Crippen molar-refractivity contribution in [3.8, 4) is 0 Å². The predicted octanol–water partition coefficient (Wildman–Crippen LogP) is 1.71. The third-order valence-electron chi connectivity index (χ3n) is 3.59. The van der Waals surface area contributed by atoms with Crippen LogP contribution in [0, 0.1) is 0 Å². The molecule has 1 aromatic heterocycles. The Balaban J connectivity index is 1.70. The SMILES string of the molecule is NC(=O)[C@H](OC(=O)c1ccc(Cn2cncn2)cc1)c1ccccc1. The van der Waals surface area contributed by atoms with Gasteiger partial charge in [-0.25, -0.2) is 14.5 Å². The van der Waals surface area contributed by atoms with Crippen LogP contribution in [0.4, 0.5) is 0 Å². The molecule has 0 aliphatic heterocycles. The summed E-state index contributed by atoms with van der Waals surface area (Å²) in [7, 11) is 0. The highest BCUT2D eigenvalue weighted by Gasteiger charge is 2.23. The number of aromatic nitrogens is 3. The Labute approximate surface area is 144 Å². The van der Waals surface area contributed by atoms with Gasteiger partial charge >= 0.3 is 5.97 Å². The molecule has 1 heterocycles. The maximum atomic E-state index is 12.3. The minimum Gasteiger partial charge on any atom is -0.444 e. The summed E-state index contributed by atoms with van der Waals surface area (Å²) >= 11 is 0. The second-order valence-electron chi connectivity index (χ2n) is 5.39. The molecule has 0 unspecified atom stereocenters. The van der Waals surface area contributed by atoms with Gasteiger partial charge in [0.1, 0.15) is 12.7 Å². The predicted molar refractivity (Wildman–Crippen MR) is 89.4 cm³/mol. The summed E-state index contributed by atoms with van der Waals surface area (Å²) in [5.74, 6) is -1.33. The van der Waals surface area contributed by atoms with Gasteiger partial charge in [0.25, 0.3) is 5.91 Å². The number of nitrogens with zero attached hydrogens (tertiary/aromatic N) is 3. The molecule has 3 aromatic rings. The van der Waals surface area contributed by atoms with Crippen molar-refractivity contribution in [3.63, 3.8) is 0 Å². The Morgan fingerprint density at radius 1 is 1.08 bits per heavy atom. The quantitative estimate of drug-likeness (QED) is 0.691. The molecule has 7 nitrogen and oxygen atoms in total. The maximum absolute atomic E-state index is 12.3. The smallest absolute Gasteiger partial charge is 0.339 e. The van der Waals surface area contributed by atoms with E-state index >= 15 is 0 Å². The number of amides is 1. The lowest BCUT2D eigenvalue weighted by molar-refractivity contribution is -0.127. The van der Waals surface area contributed by atoms with Gasteiger partial charge in [0.2, 0.25) is 6.10 Å². The van der Waals surface area contributed by atoms with Gasteiger partial charge in [0, 0.05) is 5.56 Å². The van der Waals surface area contributed by atoms with Crippen molar-refractivity contribution in [2.24, 2.45) is 5.73 Å². The summed E-state index contributed by atoms with van der Waals surface area (Å²) in [5.41, 5.74) is 7.19. The van der Waals surface area contributed by atoms with E-state index in [2.05, 4.69) is 10.1 Å². The van der Waals surface area contributed by atoms with Crippen LogP contribution in [0.25, 0.3) is 0 Å². The van der Waals surface area contributed by atoms with E-state index in [-0.39, 0.29) is 0 Å². The van der Waals surface area contributed by atoms with Crippen LogP contribution in [0.3, 0.4) is 0 Å². The molecule has 0 aliphatic rings. The average molecular weight is 336 g/mol. The topological polar surface area (TPSA) is 100 Å². The van der Waals surface area contributed by atoms with E-state index in [1.54, 1.807) is 65.6 Å². The van der Waals surface area contributed by atoms with Crippen LogP contribution in [-0.2, 0) is 16.1 Å². The molecule has 0 saturated heterocycles. The Kier molecular flexibility index (Phi) is 4.84. The molecule has 0 spiro atoms. The number of nitrogens with two attached hydrogens (primary N) is 1. The van der Waals surface area contributed by atoms with Crippen LogP contribution in [0.1, 0.15) is 27.6 Å². The Bertz CT molecular complexity index is 846. The molecule has 0 radical (unpaired) electrons. The van der Waals surface area contributed by atoms with Crippen molar-refractivity contribution < 1.29 is 14.3 Å². The molecule has 7 heteroatoms. The van der Waals surface area contributed by atoms with Gasteiger partial charge in [-0.1, -0.05) is 42.5 Å². The summed E-state index contributed by atoms with van der Waals surface area (Å²) in [6, 6.07) is 15.5. The first-order valence-electron chi connectivity index (χ1n) is 7.60. The fraction of sp³-hybridized carbons (Fsp3) is 0.111. The summed E-state index contributed by atoms with van der Waals surface area (Å²) in [4.78, 5) is 27.8. The summed E-state index contributed by atoms with van der Waals surface area (Å²) in [6.45, 7) is 0.545. The Hall–Kier alpha value is -3.48. The first kappa shape index (κ1) is 16.4. The third kappa shape index (κ3) is 4.08. The first-order valence-corrected chi connectivity index (χ1v) is 7.60. The molecule has 126 valence electrons. The molecule has 0 aliphatic carbocycles. The minimum absolute atomic E-state index is 0.338. The second-order valence-corrected chi connectivity index (χ2v) is 5.39. The normalized spacial score (nSPS) is 11.7. The first-order chi connectivity index (χ1) is 12.1. The second kappa shape index (κ2) is 7.39. The highest BCUT2D eigenvalue weighted by atomic mass is 16.5. The van der Waals surface area contributed by atoms with Crippen LogP contribution in [0.5, 0.6) is 0 Å². The average Bonchev–Trinajstić information content (AvgIpc) is 3.13. The summed E-state index contributed by atoms with van der Waals surface area (Å²) in [6.07, 6.45) is 1.95. The largest absolute Gasteiger partial charge is 0.444 e. The minimum atomic E-state index is -1.12. The van der Waals surface area contributed by atoms with Gasteiger partial charge in [-0.15, -0.1) is 0 Å². The van der Waals surface area contributed by atoms with Crippen LogP contribution >= 0.6 is 0 Å². The van der Waals surface area contributed by atoms with Gasteiger partial charge in [0.15, 0.2) is 0 Å². The van der Waals surface area contributed by atoms with Crippen molar-refractivity contribution in [1.82, 2.24) is 14.8 Å². The number of benzene rings is 2. The Morgan fingerprint density at radius 2 is 1.80 bits per heavy atom. The van der Waals surface area contributed by atoms with Gasteiger partial charge in [0.05, 0.1) is 12.1 Å². The van der Waals surface area contributed by atoms with Gasteiger partial charge in [-0.3, -0.25) is 4.79 Å². The monoisotopic (exact) mass is 336 g/mol. The van der Waals surface area contributed by atoms with Crippen molar-refractivity contribution in [2.75, 3.05) is 0 Å². The van der Waals surface area contributed by atoms with Crippen molar-refractivity contribution in [3.05, 3.63) is 83.9 Å². The molecular formula is C18H16N4O3. The molecule has 0 saturated carbocycles. The maximum Gasteiger partial charge on any atom is 0.339 e. The zero-order valence-electron chi connectivity index (χ0n) is 13.3. The van der Waals surface area contributed by atoms with Crippen LogP contribution in [-0.4, -0.2) is 26.6 Å². The van der Waals surface area contributed by atoms with E-state index in [1.165, 1.54) is 6.33 Å². The number of primary amides is 1. The molecule has 25 heavy (non-hydrogen) atoms. The highest BCUT2D eigenvalue weighted by Crippen LogP contribution is 2.19. The Morgan fingerprint density at radius 3 is 2.40 bits per heavy atom. The number of esters is 1. The third-order valence-corrected chi connectivity index (χ3v) is 3.59. The van der Waals surface area contributed by atoms with Gasteiger partial charge < -0.3 is 10.5 Å². The van der Waals surface area contributed by atoms with Crippen molar-refractivity contribution in [2.45, 2.75) is 12.6 Å². The molecule has 2 N–H and O–H groups in total. The zero-order valence-corrected chi connectivity index (χ0v) is 13.3. The molecule has 3 rings (SSSR count). The van der Waals surface area contributed by atoms with Crippen molar-refractivity contribution in [1.29, 1.82) is 0 Å². The van der Waals surface area contributed by atoms with E-state index in [4.69, 9.17) is 10.5 Å². The van der Waals surface area contributed by atoms with Gasteiger partial charge in [-0.05, 0) is 17.7 Å². The fourth-order valence-corrected chi connectivity index (χ4v) is 2.34. The van der Waals surface area contributed by atoms with E-state index in [9.17, 15) is 9.59 Å². The number of ether oxygens (including phenoxy) is 1. The van der Waals surface area contributed by atoms with E-state index in [0.29, 0.717) is 17.7 Å². The molecule has 1 atom stereocenters. The molecule has 0 fully saturated rings. The summed E-state index contributed by atoms with van der Waals surface area (Å²) in [5, 5.41) is 4.02.